The highest BCUT2D eigenvalue weighted by atomic mass is 19.1. The number of rotatable bonds is 2. The molecule has 0 amide bonds. The minimum atomic E-state index is -0.161. The van der Waals surface area contributed by atoms with Gasteiger partial charge in [-0.3, -0.25) is 0 Å². The van der Waals surface area contributed by atoms with Gasteiger partial charge in [0, 0.05) is 11.7 Å². The quantitative estimate of drug-likeness (QED) is 0.752. The smallest absolute Gasteiger partial charge is 0.123 e. The number of nitrogens with two attached hydrogens (primary N) is 1. The zero-order valence-corrected chi connectivity index (χ0v) is 8.26. The molecule has 1 aliphatic heterocycles. The fourth-order valence-corrected chi connectivity index (χ4v) is 1.87. The predicted octanol–water partition coefficient (Wildman–Crippen LogP) is 1.76. The van der Waals surface area contributed by atoms with Gasteiger partial charge in [0.05, 0.1) is 0 Å². The van der Waals surface area contributed by atoms with Crippen LogP contribution in [-0.4, -0.2) is 12.6 Å². The summed E-state index contributed by atoms with van der Waals surface area (Å²) < 4.78 is 12.9. The van der Waals surface area contributed by atoms with Gasteiger partial charge in [0.15, 0.2) is 0 Å². The maximum absolute atomic E-state index is 12.9. The van der Waals surface area contributed by atoms with Crippen LogP contribution in [0.1, 0.15) is 12.5 Å². The van der Waals surface area contributed by atoms with Crippen molar-refractivity contribution in [3.05, 3.63) is 29.6 Å². The molecule has 2 rings (SSSR count). The molecule has 76 valence electrons. The van der Waals surface area contributed by atoms with E-state index < -0.39 is 0 Å². The second-order valence-electron chi connectivity index (χ2n) is 3.97. The molecule has 3 heteroatoms. The van der Waals surface area contributed by atoms with Crippen LogP contribution in [0.25, 0.3) is 0 Å². The Morgan fingerprint density at radius 3 is 3.14 bits per heavy atom. The highest BCUT2D eigenvalue weighted by molar-refractivity contribution is 5.56. The van der Waals surface area contributed by atoms with Gasteiger partial charge in [-0.25, -0.2) is 4.39 Å². The molecule has 0 aliphatic carbocycles. The van der Waals surface area contributed by atoms with E-state index >= 15 is 0 Å². The number of benzene rings is 1. The van der Waals surface area contributed by atoms with Crippen molar-refractivity contribution in [2.45, 2.75) is 19.4 Å². The number of fused-ring (bicyclic) bond motifs is 1. The van der Waals surface area contributed by atoms with Crippen molar-refractivity contribution in [1.82, 2.24) is 0 Å². The molecule has 1 heterocycles. The first-order valence-electron chi connectivity index (χ1n) is 4.95. The number of halogens is 1. The maximum Gasteiger partial charge on any atom is 0.123 e. The third-order valence-corrected chi connectivity index (χ3v) is 2.91. The first-order chi connectivity index (χ1) is 6.70. The largest absolute Gasteiger partial charge is 0.381 e. The molecule has 0 radical (unpaired) electrons. The summed E-state index contributed by atoms with van der Waals surface area (Å²) >= 11 is 0. The molecular weight excluding hydrogens is 179 g/mol. The fourth-order valence-electron chi connectivity index (χ4n) is 1.87. The summed E-state index contributed by atoms with van der Waals surface area (Å²) in [5, 5.41) is 3.37. The summed E-state index contributed by atoms with van der Waals surface area (Å²) in [7, 11) is 0. The van der Waals surface area contributed by atoms with E-state index in [-0.39, 0.29) is 5.82 Å². The minimum absolute atomic E-state index is 0.161. The van der Waals surface area contributed by atoms with E-state index in [1.807, 2.05) is 0 Å². The SMILES string of the molecule is CC(CN)C1Cc2cc(F)ccc2N1. The number of hydrogen-bond acceptors (Lipinski definition) is 2. The second kappa shape index (κ2) is 3.58. The average molecular weight is 194 g/mol. The lowest BCUT2D eigenvalue weighted by atomic mass is 9.99. The van der Waals surface area contributed by atoms with Crippen molar-refractivity contribution in [2.75, 3.05) is 11.9 Å². The summed E-state index contributed by atoms with van der Waals surface area (Å²) in [6.07, 6.45) is 0.880. The molecule has 0 saturated carbocycles. The molecule has 1 aromatic carbocycles. The normalized spacial score (nSPS) is 21.5. The number of hydrogen-bond donors (Lipinski definition) is 2. The van der Waals surface area contributed by atoms with E-state index in [1.54, 1.807) is 12.1 Å². The van der Waals surface area contributed by atoms with Crippen LogP contribution in [-0.2, 0) is 6.42 Å². The Bertz CT molecular complexity index is 338. The van der Waals surface area contributed by atoms with Crippen LogP contribution in [0.5, 0.6) is 0 Å². The Balaban J connectivity index is 2.17. The van der Waals surface area contributed by atoms with Gasteiger partial charge in [-0.15, -0.1) is 0 Å². The van der Waals surface area contributed by atoms with Gasteiger partial charge in [-0.05, 0) is 42.6 Å². The van der Waals surface area contributed by atoms with Crippen molar-refractivity contribution in [1.29, 1.82) is 0 Å². The van der Waals surface area contributed by atoms with Crippen molar-refractivity contribution < 1.29 is 4.39 Å². The van der Waals surface area contributed by atoms with Crippen molar-refractivity contribution in [3.63, 3.8) is 0 Å². The van der Waals surface area contributed by atoms with Gasteiger partial charge in [0.2, 0.25) is 0 Å². The summed E-state index contributed by atoms with van der Waals surface area (Å²) in [6.45, 7) is 2.77. The average Bonchev–Trinajstić information content (AvgIpc) is 2.59. The zero-order chi connectivity index (χ0) is 10.1. The Hall–Kier alpha value is -1.09. The van der Waals surface area contributed by atoms with Gasteiger partial charge < -0.3 is 11.1 Å². The third kappa shape index (κ3) is 1.60. The third-order valence-electron chi connectivity index (χ3n) is 2.91. The van der Waals surface area contributed by atoms with Gasteiger partial charge in [-0.1, -0.05) is 6.92 Å². The predicted molar refractivity (Wildman–Crippen MR) is 55.7 cm³/mol. The van der Waals surface area contributed by atoms with Crippen LogP contribution in [0.15, 0.2) is 18.2 Å². The van der Waals surface area contributed by atoms with E-state index in [2.05, 4.69) is 12.2 Å². The van der Waals surface area contributed by atoms with E-state index in [9.17, 15) is 4.39 Å². The first-order valence-corrected chi connectivity index (χ1v) is 4.95. The van der Waals surface area contributed by atoms with Crippen LogP contribution >= 0.6 is 0 Å². The van der Waals surface area contributed by atoms with Gasteiger partial charge in [-0.2, -0.15) is 0 Å². The molecule has 0 bridgehead atoms. The zero-order valence-electron chi connectivity index (χ0n) is 8.26. The molecule has 0 saturated heterocycles. The summed E-state index contributed by atoms with van der Waals surface area (Å²) in [5.41, 5.74) is 7.72. The Kier molecular flexibility index (Phi) is 2.42. The molecule has 2 atom stereocenters. The molecule has 14 heavy (non-hydrogen) atoms. The monoisotopic (exact) mass is 194 g/mol. The Labute approximate surface area is 83.3 Å². The van der Waals surface area contributed by atoms with E-state index in [0.29, 0.717) is 18.5 Å². The van der Waals surface area contributed by atoms with Crippen molar-refractivity contribution >= 4 is 5.69 Å². The lowest BCUT2D eigenvalue weighted by Gasteiger charge is -2.17. The van der Waals surface area contributed by atoms with Crippen LogP contribution in [0.3, 0.4) is 0 Å². The molecule has 3 N–H and O–H groups in total. The van der Waals surface area contributed by atoms with Gasteiger partial charge in [0.25, 0.3) is 0 Å². The Morgan fingerprint density at radius 1 is 1.64 bits per heavy atom. The Morgan fingerprint density at radius 2 is 2.43 bits per heavy atom. The summed E-state index contributed by atoms with van der Waals surface area (Å²) in [5.74, 6) is 0.261. The van der Waals surface area contributed by atoms with E-state index in [4.69, 9.17) is 5.73 Å². The molecular formula is C11H15FN2. The van der Waals surface area contributed by atoms with Crippen LogP contribution in [0.2, 0.25) is 0 Å². The molecule has 2 nitrogen and oxygen atoms in total. The minimum Gasteiger partial charge on any atom is -0.381 e. The molecule has 0 fully saturated rings. The topological polar surface area (TPSA) is 38.0 Å². The number of nitrogens with one attached hydrogen (secondary N) is 1. The lowest BCUT2D eigenvalue weighted by Crippen LogP contribution is -2.30. The van der Waals surface area contributed by atoms with Gasteiger partial charge in [0.1, 0.15) is 5.82 Å². The van der Waals surface area contributed by atoms with Crippen LogP contribution in [0, 0.1) is 11.7 Å². The highest BCUT2D eigenvalue weighted by Crippen LogP contribution is 2.29. The molecule has 2 unspecified atom stereocenters. The summed E-state index contributed by atoms with van der Waals surface area (Å²) in [4.78, 5) is 0. The van der Waals surface area contributed by atoms with Crippen LogP contribution in [0.4, 0.5) is 10.1 Å². The fraction of sp³-hybridized carbons (Fsp3) is 0.455. The van der Waals surface area contributed by atoms with E-state index in [0.717, 1.165) is 17.7 Å². The van der Waals surface area contributed by atoms with Gasteiger partial charge >= 0.3 is 0 Å². The van der Waals surface area contributed by atoms with Crippen molar-refractivity contribution in [3.8, 4) is 0 Å². The van der Waals surface area contributed by atoms with Crippen molar-refractivity contribution in [2.24, 2.45) is 11.7 Å². The first kappa shape index (κ1) is 9.46. The van der Waals surface area contributed by atoms with Crippen LogP contribution < -0.4 is 11.1 Å². The van der Waals surface area contributed by atoms with E-state index in [1.165, 1.54) is 6.07 Å². The maximum atomic E-state index is 12.9. The second-order valence-corrected chi connectivity index (χ2v) is 3.97. The molecule has 1 aliphatic rings. The lowest BCUT2D eigenvalue weighted by molar-refractivity contribution is 0.503. The number of anilines is 1. The summed E-state index contributed by atoms with van der Waals surface area (Å²) in [6, 6.07) is 5.25. The molecule has 0 aromatic heterocycles. The molecule has 1 aromatic rings. The standard InChI is InChI=1S/C11H15FN2/c1-7(6-13)11-5-8-4-9(12)2-3-10(8)14-11/h2-4,7,11,14H,5-6,13H2,1H3. The highest BCUT2D eigenvalue weighted by Gasteiger charge is 2.24. The molecule has 0 spiro atoms.